The van der Waals surface area contributed by atoms with Crippen LogP contribution >= 0.6 is 23.4 Å². The van der Waals surface area contributed by atoms with Crippen molar-refractivity contribution < 1.29 is 9.18 Å². The minimum Gasteiger partial charge on any atom is -0.368 e. The van der Waals surface area contributed by atoms with Gasteiger partial charge in [0.2, 0.25) is 17.0 Å². The number of carbonyl (C=O) groups excluding carboxylic acids is 1. The zero-order chi connectivity index (χ0) is 14.7. The van der Waals surface area contributed by atoms with Crippen LogP contribution in [0.5, 0.6) is 0 Å². The van der Waals surface area contributed by atoms with Gasteiger partial charge in [0.25, 0.3) is 0 Å². The predicted molar refractivity (Wildman–Crippen MR) is 76.2 cm³/mol. The smallest absolute Gasteiger partial charge is 0.237 e. The maximum Gasteiger partial charge on any atom is 0.237 e. The first kappa shape index (κ1) is 14.6. The molecule has 20 heavy (non-hydrogen) atoms. The van der Waals surface area contributed by atoms with Gasteiger partial charge in [-0.25, -0.2) is 9.49 Å². The minimum atomic E-state index is -0.466. The lowest BCUT2D eigenvalue weighted by molar-refractivity contribution is -0.115. The highest BCUT2D eigenvalue weighted by Crippen LogP contribution is 2.25. The van der Waals surface area contributed by atoms with Crippen LogP contribution in [0.3, 0.4) is 0 Å². The van der Waals surface area contributed by atoms with E-state index >= 15 is 0 Å². The second kappa shape index (κ2) is 6.10. The lowest BCUT2D eigenvalue weighted by Crippen LogP contribution is -2.22. The van der Waals surface area contributed by atoms with Gasteiger partial charge >= 0.3 is 0 Å². The van der Waals surface area contributed by atoms with E-state index in [1.807, 2.05) is 0 Å². The van der Waals surface area contributed by atoms with Gasteiger partial charge in [0.1, 0.15) is 5.82 Å². The highest BCUT2D eigenvalue weighted by Gasteiger charge is 2.18. The van der Waals surface area contributed by atoms with E-state index < -0.39 is 11.1 Å². The van der Waals surface area contributed by atoms with Crippen LogP contribution in [0.1, 0.15) is 6.92 Å². The summed E-state index contributed by atoms with van der Waals surface area (Å²) in [6, 6.07) is 3.75. The lowest BCUT2D eigenvalue weighted by atomic mass is 10.3. The van der Waals surface area contributed by atoms with E-state index in [-0.39, 0.29) is 16.9 Å². The second-order valence-electron chi connectivity index (χ2n) is 3.88. The molecule has 1 aromatic heterocycles. The molecule has 0 spiro atoms. The van der Waals surface area contributed by atoms with E-state index in [0.717, 1.165) is 17.8 Å². The molecular weight excluding hydrogens is 305 g/mol. The Kier molecular flexibility index (Phi) is 4.46. The summed E-state index contributed by atoms with van der Waals surface area (Å²) >= 11 is 6.97. The number of aromatic nitrogens is 3. The number of H-pyrrole nitrogens is 1. The molecule has 1 heterocycles. The van der Waals surface area contributed by atoms with Crippen molar-refractivity contribution in [3.8, 4) is 0 Å². The molecule has 1 unspecified atom stereocenters. The molecule has 9 heteroatoms. The third-order valence-corrected chi connectivity index (χ3v) is 3.60. The molecule has 106 valence electrons. The topological polar surface area (TPSA) is 96.7 Å². The first-order valence-corrected chi connectivity index (χ1v) is 6.82. The number of halogens is 2. The highest BCUT2D eigenvalue weighted by atomic mass is 35.5. The van der Waals surface area contributed by atoms with Crippen LogP contribution in [0.4, 0.5) is 16.0 Å². The Balaban J connectivity index is 2.00. The molecule has 6 nitrogen and oxygen atoms in total. The largest absolute Gasteiger partial charge is 0.368 e. The van der Waals surface area contributed by atoms with Crippen molar-refractivity contribution in [1.29, 1.82) is 0 Å². The molecule has 2 aromatic rings. The average Bonchev–Trinajstić information content (AvgIpc) is 2.78. The van der Waals surface area contributed by atoms with E-state index in [1.165, 1.54) is 12.1 Å². The monoisotopic (exact) mass is 315 g/mol. The van der Waals surface area contributed by atoms with Crippen molar-refractivity contribution in [2.75, 3.05) is 11.1 Å². The lowest BCUT2D eigenvalue weighted by Gasteiger charge is -2.11. The Bertz CT molecular complexity index is 635. The molecule has 0 aliphatic carbocycles. The van der Waals surface area contributed by atoms with Gasteiger partial charge in [-0.2, -0.15) is 4.98 Å². The first-order valence-electron chi connectivity index (χ1n) is 5.56. The molecular formula is C11H11ClFN5OS. The zero-order valence-electron chi connectivity index (χ0n) is 10.4. The average molecular weight is 316 g/mol. The summed E-state index contributed by atoms with van der Waals surface area (Å²) in [6.45, 7) is 1.68. The van der Waals surface area contributed by atoms with Crippen LogP contribution < -0.4 is 11.1 Å². The molecule has 0 radical (unpaired) electrons. The van der Waals surface area contributed by atoms with E-state index in [0.29, 0.717) is 10.8 Å². The Morgan fingerprint density at radius 2 is 2.35 bits per heavy atom. The maximum absolute atomic E-state index is 12.9. The number of carbonyl (C=O) groups is 1. The molecule has 2 rings (SSSR count). The van der Waals surface area contributed by atoms with E-state index in [9.17, 15) is 9.18 Å². The molecule has 0 aliphatic rings. The number of hydrogen-bond acceptors (Lipinski definition) is 5. The first-order chi connectivity index (χ1) is 9.45. The quantitative estimate of drug-likeness (QED) is 0.752. The molecule has 0 fully saturated rings. The summed E-state index contributed by atoms with van der Waals surface area (Å²) in [4.78, 5) is 15.9. The van der Waals surface area contributed by atoms with Crippen LogP contribution in [0.2, 0.25) is 5.02 Å². The SMILES string of the molecule is CC(Sc1n[nH]c(N)n1)C(=O)Nc1ccc(F)cc1Cl. The summed E-state index contributed by atoms with van der Waals surface area (Å²) in [5.41, 5.74) is 5.74. The zero-order valence-corrected chi connectivity index (χ0v) is 11.9. The number of nitrogen functional groups attached to an aromatic ring is 1. The van der Waals surface area contributed by atoms with Crippen LogP contribution in [0, 0.1) is 5.82 Å². The summed E-state index contributed by atoms with van der Waals surface area (Å²) < 4.78 is 12.9. The molecule has 0 aliphatic heterocycles. The Hall–Kier alpha value is -1.80. The fourth-order valence-electron chi connectivity index (χ4n) is 1.35. The summed E-state index contributed by atoms with van der Waals surface area (Å²) in [7, 11) is 0. The number of rotatable bonds is 4. The molecule has 0 saturated carbocycles. The predicted octanol–water partition coefficient (Wildman–Crippen LogP) is 2.30. The van der Waals surface area contributed by atoms with Gasteiger partial charge < -0.3 is 11.1 Å². The summed E-state index contributed by atoms with van der Waals surface area (Å²) in [5, 5.41) is 8.95. The number of aromatic amines is 1. The molecule has 1 amide bonds. The summed E-state index contributed by atoms with van der Waals surface area (Å²) in [6.07, 6.45) is 0. The molecule has 1 atom stereocenters. The van der Waals surface area contributed by atoms with Crippen molar-refractivity contribution in [3.63, 3.8) is 0 Å². The van der Waals surface area contributed by atoms with Gasteiger partial charge in [-0.05, 0) is 25.1 Å². The molecule has 4 N–H and O–H groups in total. The van der Waals surface area contributed by atoms with Crippen molar-refractivity contribution in [2.45, 2.75) is 17.3 Å². The van der Waals surface area contributed by atoms with Gasteiger partial charge in [0.05, 0.1) is 16.0 Å². The van der Waals surface area contributed by atoms with Gasteiger partial charge in [-0.1, -0.05) is 23.4 Å². The van der Waals surface area contributed by atoms with E-state index in [2.05, 4.69) is 20.5 Å². The number of hydrogen-bond donors (Lipinski definition) is 3. The number of benzene rings is 1. The standard InChI is InChI=1S/C11H11ClFN5OS/c1-5(20-11-16-10(14)17-18-11)9(19)15-8-3-2-6(13)4-7(8)12/h2-5H,1H3,(H,15,19)(H3,14,16,17,18). The highest BCUT2D eigenvalue weighted by molar-refractivity contribution is 8.00. The molecule has 1 aromatic carbocycles. The number of amides is 1. The fourth-order valence-corrected chi connectivity index (χ4v) is 2.29. The van der Waals surface area contributed by atoms with Crippen molar-refractivity contribution in [3.05, 3.63) is 29.0 Å². The summed E-state index contributed by atoms with van der Waals surface area (Å²) in [5.74, 6) is -0.583. The second-order valence-corrected chi connectivity index (χ2v) is 5.59. The van der Waals surface area contributed by atoms with Gasteiger partial charge in [-0.3, -0.25) is 4.79 Å². The van der Waals surface area contributed by atoms with Gasteiger partial charge in [0, 0.05) is 0 Å². The maximum atomic E-state index is 12.9. The fraction of sp³-hybridized carbons (Fsp3) is 0.182. The van der Waals surface area contributed by atoms with Gasteiger partial charge in [0.15, 0.2) is 0 Å². The Labute approximate surface area is 123 Å². The third kappa shape index (κ3) is 3.61. The minimum absolute atomic E-state index is 0.137. The molecule has 0 bridgehead atoms. The van der Waals surface area contributed by atoms with Crippen molar-refractivity contribution in [2.24, 2.45) is 0 Å². The van der Waals surface area contributed by atoms with Crippen molar-refractivity contribution >= 4 is 40.9 Å². The van der Waals surface area contributed by atoms with E-state index in [4.69, 9.17) is 17.3 Å². The van der Waals surface area contributed by atoms with Crippen molar-refractivity contribution in [1.82, 2.24) is 15.2 Å². The van der Waals surface area contributed by atoms with Crippen LogP contribution in [0.15, 0.2) is 23.4 Å². The number of nitrogens with zero attached hydrogens (tertiary/aromatic N) is 2. The number of nitrogens with one attached hydrogen (secondary N) is 2. The number of thioether (sulfide) groups is 1. The van der Waals surface area contributed by atoms with Crippen LogP contribution in [-0.2, 0) is 4.79 Å². The number of nitrogens with two attached hydrogens (primary N) is 1. The van der Waals surface area contributed by atoms with Crippen LogP contribution in [-0.4, -0.2) is 26.3 Å². The van der Waals surface area contributed by atoms with Gasteiger partial charge in [-0.15, -0.1) is 5.10 Å². The third-order valence-electron chi connectivity index (χ3n) is 2.32. The number of anilines is 2. The Morgan fingerprint density at radius 1 is 1.60 bits per heavy atom. The van der Waals surface area contributed by atoms with Crippen LogP contribution in [0.25, 0.3) is 0 Å². The Morgan fingerprint density at radius 3 is 2.95 bits per heavy atom. The normalized spacial score (nSPS) is 12.2. The molecule has 0 saturated heterocycles. The van der Waals surface area contributed by atoms with E-state index in [1.54, 1.807) is 6.92 Å².